The average molecular weight is 407 g/mol. The van der Waals surface area contributed by atoms with E-state index in [2.05, 4.69) is 5.32 Å². The van der Waals surface area contributed by atoms with Gasteiger partial charge in [-0.2, -0.15) is 0 Å². The molecule has 1 aliphatic heterocycles. The van der Waals surface area contributed by atoms with Gasteiger partial charge < -0.3 is 10.6 Å². The summed E-state index contributed by atoms with van der Waals surface area (Å²) >= 11 is 0. The fourth-order valence-electron chi connectivity index (χ4n) is 3.05. The third-order valence-corrected chi connectivity index (χ3v) is 4.83. The van der Waals surface area contributed by atoms with Gasteiger partial charge in [0.15, 0.2) is 23.3 Å². The molecule has 156 valence electrons. The van der Waals surface area contributed by atoms with E-state index < -0.39 is 46.7 Å². The second-order valence-electron chi connectivity index (χ2n) is 6.71. The van der Waals surface area contributed by atoms with Gasteiger partial charge in [0.1, 0.15) is 5.69 Å². The zero-order valence-electron chi connectivity index (χ0n) is 15.6. The summed E-state index contributed by atoms with van der Waals surface area (Å²) in [5.74, 6) is -11.9. The lowest BCUT2D eigenvalue weighted by Gasteiger charge is -2.34. The van der Waals surface area contributed by atoms with Crippen LogP contribution >= 0.6 is 0 Å². The van der Waals surface area contributed by atoms with E-state index in [4.69, 9.17) is 0 Å². The Morgan fingerprint density at radius 1 is 1.00 bits per heavy atom. The largest absolute Gasteiger partial charge is 0.356 e. The van der Waals surface area contributed by atoms with Crippen molar-refractivity contribution < 1.29 is 31.5 Å². The third kappa shape index (κ3) is 4.60. The number of hydrogen-bond donors (Lipinski definition) is 2. The molecule has 1 aliphatic rings. The highest BCUT2D eigenvalue weighted by Crippen LogP contribution is 2.28. The summed E-state index contributed by atoms with van der Waals surface area (Å²) in [6.45, 7) is 4.75. The molecule has 0 spiro atoms. The summed E-state index contributed by atoms with van der Waals surface area (Å²) in [6, 6.07) is -0.880. The van der Waals surface area contributed by atoms with Crippen LogP contribution in [-0.2, 0) is 9.59 Å². The van der Waals surface area contributed by atoms with E-state index in [1.807, 2.05) is 6.92 Å². The second-order valence-corrected chi connectivity index (χ2v) is 6.71. The van der Waals surface area contributed by atoms with E-state index in [1.54, 1.807) is 10.2 Å². The van der Waals surface area contributed by atoms with Crippen LogP contribution in [-0.4, -0.2) is 42.4 Å². The Hall–Kier alpha value is -2.23. The molecule has 2 rings (SSSR count). The highest BCUT2D eigenvalue weighted by atomic mass is 19.2. The predicted octanol–water partition coefficient (Wildman–Crippen LogP) is 2.95. The topological polar surface area (TPSA) is 61.4 Å². The zero-order chi connectivity index (χ0) is 21.0. The predicted molar refractivity (Wildman–Crippen MR) is 91.9 cm³/mol. The van der Waals surface area contributed by atoms with Gasteiger partial charge in [-0.25, -0.2) is 22.0 Å². The molecule has 1 atom stereocenters. The van der Waals surface area contributed by atoms with Gasteiger partial charge in [0, 0.05) is 12.5 Å². The first-order valence-corrected chi connectivity index (χ1v) is 9.03. The normalized spacial score (nSPS) is 16.7. The summed E-state index contributed by atoms with van der Waals surface area (Å²) in [4.78, 5) is 25.9. The first kappa shape index (κ1) is 22.1. The molecular weight excluding hydrogens is 385 g/mol. The molecule has 0 saturated carbocycles. The Morgan fingerprint density at radius 2 is 1.50 bits per heavy atom. The molecule has 0 bridgehead atoms. The number of anilines is 1. The number of likely N-dealkylation sites (tertiary alicyclic amines) is 1. The monoisotopic (exact) mass is 407 g/mol. The van der Waals surface area contributed by atoms with Crippen molar-refractivity contribution in [2.75, 3.05) is 25.0 Å². The number of amides is 2. The molecule has 5 nitrogen and oxygen atoms in total. The fraction of sp³-hybridized carbons (Fsp3) is 0.556. The second kappa shape index (κ2) is 9.31. The molecule has 0 aliphatic carbocycles. The van der Waals surface area contributed by atoms with Crippen molar-refractivity contribution in [2.24, 2.45) is 5.92 Å². The van der Waals surface area contributed by atoms with E-state index in [-0.39, 0.29) is 11.8 Å². The van der Waals surface area contributed by atoms with Crippen LogP contribution in [0.1, 0.15) is 33.1 Å². The molecule has 0 aromatic heterocycles. The molecule has 1 aromatic rings. The van der Waals surface area contributed by atoms with Crippen LogP contribution in [0.15, 0.2) is 0 Å². The molecule has 2 amide bonds. The lowest BCUT2D eigenvalue weighted by Crippen LogP contribution is -2.48. The van der Waals surface area contributed by atoms with Crippen LogP contribution in [0.5, 0.6) is 0 Å². The number of rotatable bonds is 6. The summed E-state index contributed by atoms with van der Waals surface area (Å²) < 4.78 is 67.0. The molecule has 1 saturated heterocycles. The number of hydrogen-bond acceptors (Lipinski definition) is 3. The SMILES string of the molecule is CCCNC(=O)C1CCN([C@H](C)C(=O)Nc2c(F)c(F)c(F)c(F)c2F)CC1. The number of carbonyl (C=O) groups is 2. The van der Waals surface area contributed by atoms with E-state index in [1.165, 1.54) is 6.92 Å². The van der Waals surface area contributed by atoms with E-state index >= 15 is 0 Å². The van der Waals surface area contributed by atoms with Crippen molar-refractivity contribution in [1.82, 2.24) is 10.2 Å². The van der Waals surface area contributed by atoms with Crippen molar-refractivity contribution in [1.29, 1.82) is 0 Å². The maximum atomic E-state index is 13.7. The van der Waals surface area contributed by atoms with Crippen LogP contribution in [0, 0.1) is 35.0 Å². The Morgan fingerprint density at radius 3 is 2.00 bits per heavy atom. The van der Waals surface area contributed by atoms with Crippen molar-refractivity contribution in [3.8, 4) is 0 Å². The molecule has 28 heavy (non-hydrogen) atoms. The van der Waals surface area contributed by atoms with Crippen LogP contribution in [0.4, 0.5) is 27.6 Å². The molecule has 1 fully saturated rings. The van der Waals surface area contributed by atoms with Crippen LogP contribution in [0.2, 0.25) is 0 Å². The lowest BCUT2D eigenvalue weighted by molar-refractivity contribution is -0.127. The zero-order valence-corrected chi connectivity index (χ0v) is 15.6. The number of nitrogens with zero attached hydrogens (tertiary/aromatic N) is 1. The van der Waals surface area contributed by atoms with Crippen molar-refractivity contribution in [2.45, 2.75) is 39.2 Å². The van der Waals surface area contributed by atoms with Crippen molar-refractivity contribution >= 4 is 17.5 Å². The number of carbonyl (C=O) groups excluding carboxylic acids is 2. The Bertz CT molecular complexity index is 722. The van der Waals surface area contributed by atoms with Gasteiger partial charge in [0.2, 0.25) is 17.6 Å². The average Bonchev–Trinajstić information content (AvgIpc) is 2.71. The Kier molecular flexibility index (Phi) is 7.34. The maximum Gasteiger partial charge on any atom is 0.241 e. The van der Waals surface area contributed by atoms with Gasteiger partial charge in [0.25, 0.3) is 0 Å². The van der Waals surface area contributed by atoms with Gasteiger partial charge in [-0.05, 0) is 39.3 Å². The molecule has 10 heteroatoms. The first-order valence-electron chi connectivity index (χ1n) is 9.03. The van der Waals surface area contributed by atoms with Gasteiger partial charge in [-0.15, -0.1) is 0 Å². The van der Waals surface area contributed by atoms with E-state index in [9.17, 15) is 31.5 Å². The lowest BCUT2D eigenvalue weighted by atomic mass is 9.95. The molecule has 2 N–H and O–H groups in total. The molecule has 0 radical (unpaired) electrons. The van der Waals surface area contributed by atoms with E-state index in [0.29, 0.717) is 32.5 Å². The van der Waals surface area contributed by atoms with Gasteiger partial charge in [-0.3, -0.25) is 14.5 Å². The summed E-state index contributed by atoms with van der Waals surface area (Å²) in [7, 11) is 0. The Balaban J connectivity index is 2.01. The highest BCUT2D eigenvalue weighted by molar-refractivity contribution is 5.94. The number of halogens is 5. The first-order chi connectivity index (χ1) is 13.2. The quantitative estimate of drug-likeness (QED) is 0.433. The van der Waals surface area contributed by atoms with Gasteiger partial charge >= 0.3 is 0 Å². The summed E-state index contributed by atoms with van der Waals surface area (Å²) in [6.07, 6.45) is 1.81. The molecular formula is C18H22F5N3O2. The Labute approximate surface area is 159 Å². The third-order valence-electron chi connectivity index (χ3n) is 4.83. The fourth-order valence-corrected chi connectivity index (χ4v) is 3.05. The van der Waals surface area contributed by atoms with Crippen molar-refractivity contribution in [3.63, 3.8) is 0 Å². The van der Waals surface area contributed by atoms with Crippen LogP contribution in [0.25, 0.3) is 0 Å². The van der Waals surface area contributed by atoms with Crippen molar-refractivity contribution in [3.05, 3.63) is 29.1 Å². The maximum absolute atomic E-state index is 13.7. The van der Waals surface area contributed by atoms with Crippen LogP contribution < -0.4 is 10.6 Å². The van der Waals surface area contributed by atoms with Gasteiger partial charge in [0.05, 0.1) is 6.04 Å². The smallest absolute Gasteiger partial charge is 0.241 e. The standard InChI is InChI=1S/C18H22F5N3O2/c1-3-6-24-18(28)10-4-7-26(8-5-10)9(2)17(27)25-16-14(22)12(20)11(19)13(21)15(16)23/h9-10H,3-8H2,1-2H3,(H,24,28)(H,25,27)/t9-/m1/s1. The minimum atomic E-state index is -2.29. The minimum absolute atomic E-state index is 0.0555. The minimum Gasteiger partial charge on any atom is -0.356 e. The van der Waals surface area contributed by atoms with Crippen LogP contribution in [0.3, 0.4) is 0 Å². The number of piperidine rings is 1. The molecule has 1 heterocycles. The number of nitrogens with one attached hydrogen (secondary N) is 2. The van der Waals surface area contributed by atoms with Gasteiger partial charge in [-0.1, -0.05) is 6.92 Å². The highest BCUT2D eigenvalue weighted by Gasteiger charge is 2.32. The summed E-state index contributed by atoms with van der Waals surface area (Å²) in [5.41, 5.74) is -1.37. The number of benzene rings is 1. The summed E-state index contributed by atoms with van der Waals surface area (Å²) in [5, 5.41) is 4.60. The van der Waals surface area contributed by atoms with E-state index in [0.717, 1.165) is 6.42 Å². The molecule has 0 unspecified atom stereocenters. The molecule has 1 aromatic carbocycles.